The molecule has 1 fully saturated rings. The van der Waals surface area contributed by atoms with Crippen molar-refractivity contribution in [2.45, 2.75) is 94.0 Å². The van der Waals surface area contributed by atoms with Crippen molar-refractivity contribution in [2.24, 2.45) is 0 Å². The molecule has 6 nitrogen and oxygen atoms in total. The van der Waals surface area contributed by atoms with Crippen molar-refractivity contribution in [1.29, 1.82) is 0 Å². The Morgan fingerprint density at radius 1 is 1.24 bits per heavy atom. The number of rotatable bonds is 8. The van der Waals surface area contributed by atoms with Gasteiger partial charge in [0.15, 0.2) is 0 Å². The van der Waals surface area contributed by atoms with E-state index in [-0.39, 0.29) is 0 Å². The molecule has 0 heterocycles. The molecule has 0 aromatic rings. The largest absolute Gasteiger partial charge is 0.492 e. The first-order chi connectivity index (χ1) is 13.3. The molecule has 29 heavy (non-hydrogen) atoms. The number of allylic oxidation sites excluding steroid dienone is 2. The molecule has 2 aliphatic carbocycles. The Morgan fingerprint density at radius 2 is 1.86 bits per heavy atom. The number of alkyl halides is 4. The van der Waals surface area contributed by atoms with Crippen molar-refractivity contribution in [2.75, 3.05) is 0 Å². The van der Waals surface area contributed by atoms with Crippen molar-refractivity contribution in [3.05, 3.63) is 11.8 Å². The third-order valence-electron chi connectivity index (χ3n) is 5.31. The molecule has 0 aromatic heterocycles. The maximum atomic E-state index is 13.4. The van der Waals surface area contributed by atoms with Crippen LogP contribution in [0.4, 0.5) is 17.6 Å². The summed E-state index contributed by atoms with van der Waals surface area (Å²) >= 11 is 0. The van der Waals surface area contributed by atoms with Crippen LogP contribution in [0.2, 0.25) is 0 Å². The normalized spacial score (nSPS) is 26.6. The van der Waals surface area contributed by atoms with Gasteiger partial charge in [-0.2, -0.15) is 26.0 Å². The van der Waals surface area contributed by atoms with Crippen molar-refractivity contribution in [3.63, 3.8) is 0 Å². The molecule has 0 atom stereocenters. The van der Waals surface area contributed by atoms with E-state index in [0.29, 0.717) is 25.7 Å². The van der Waals surface area contributed by atoms with E-state index in [9.17, 15) is 30.8 Å². The van der Waals surface area contributed by atoms with Gasteiger partial charge >= 0.3 is 27.3 Å². The SMILES string of the molecule is CC1(OC2=CCCCC2)CCC(OC(=O)CCC(F)(F)C(F)(F)S(=O)(=O)O)CC1. The lowest BCUT2D eigenvalue weighted by atomic mass is 9.84. The van der Waals surface area contributed by atoms with Crippen LogP contribution in [0, 0.1) is 0 Å². The molecule has 0 bridgehead atoms. The van der Waals surface area contributed by atoms with Crippen LogP contribution in [-0.4, -0.2) is 41.8 Å². The van der Waals surface area contributed by atoms with E-state index >= 15 is 0 Å². The van der Waals surface area contributed by atoms with E-state index in [0.717, 1.165) is 31.4 Å². The Balaban J connectivity index is 1.80. The summed E-state index contributed by atoms with van der Waals surface area (Å²) in [6, 6.07) is 0. The van der Waals surface area contributed by atoms with Gasteiger partial charge in [0.1, 0.15) is 11.7 Å². The van der Waals surface area contributed by atoms with Crippen LogP contribution in [0.3, 0.4) is 0 Å². The van der Waals surface area contributed by atoms with E-state index < -0.39 is 51.8 Å². The molecule has 2 aliphatic rings. The Labute approximate surface area is 167 Å². The Morgan fingerprint density at radius 3 is 2.38 bits per heavy atom. The van der Waals surface area contributed by atoms with Crippen LogP contribution in [0.15, 0.2) is 11.8 Å². The minimum absolute atomic E-state index is 0.406. The zero-order valence-corrected chi connectivity index (χ0v) is 17.0. The van der Waals surface area contributed by atoms with Crippen LogP contribution in [0.25, 0.3) is 0 Å². The monoisotopic (exact) mass is 446 g/mol. The number of hydrogen-bond acceptors (Lipinski definition) is 5. The molecule has 0 amide bonds. The topological polar surface area (TPSA) is 89.9 Å². The van der Waals surface area contributed by atoms with Gasteiger partial charge in [-0.05, 0) is 57.9 Å². The summed E-state index contributed by atoms with van der Waals surface area (Å²) in [4.78, 5) is 11.8. The third kappa shape index (κ3) is 6.07. The summed E-state index contributed by atoms with van der Waals surface area (Å²) in [6.45, 7) is 1.96. The quantitative estimate of drug-likeness (QED) is 0.333. The van der Waals surface area contributed by atoms with Crippen molar-refractivity contribution in [1.82, 2.24) is 0 Å². The average molecular weight is 446 g/mol. The smallest absolute Gasteiger partial charge is 0.431 e. The summed E-state index contributed by atoms with van der Waals surface area (Å²) in [6.07, 6.45) is 4.77. The number of esters is 1. The number of carbonyl (C=O) groups excluding carboxylic acids is 1. The first-order valence-corrected chi connectivity index (χ1v) is 11.0. The molecule has 168 valence electrons. The average Bonchev–Trinajstić information content (AvgIpc) is 2.62. The number of hydrogen-bond donors (Lipinski definition) is 1. The van der Waals surface area contributed by atoms with Crippen LogP contribution < -0.4 is 0 Å². The van der Waals surface area contributed by atoms with Crippen molar-refractivity contribution >= 4 is 16.1 Å². The van der Waals surface area contributed by atoms with Gasteiger partial charge in [0.25, 0.3) is 0 Å². The second-order valence-electron chi connectivity index (χ2n) is 7.85. The molecular formula is C18H26F4O6S. The van der Waals surface area contributed by atoms with Gasteiger partial charge in [-0.3, -0.25) is 9.35 Å². The van der Waals surface area contributed by atoms with Crippen LogP contribution >= 0.6 is 0 Å². The molecule has 2 rings (SSSR count). The molecule has 0 aromatic carbocycles. The highest BCUT2D eigenvalue weighted by Crippen LogP contribution is 2.42. The van der Waals surface area contributed by atoms with Gasteiger partial charge in [0, 0.05) is 12.8 Å². The van der Waals surface area contributed by atoms with E-state index in [1.807, 2.05) is 6.92 Å². The van der Waals surface area contributed by atoms with Crippen LogP contribution in [0.5, 0.6) is 0 Å². The summed E-state index contributed by atoms with van der Waals surface area (Å²) in [5, 5.41) is -5.68. The lowest BCUT2D eigenvalue weighted by molar-refractivity contribution is -0.174. The first kappa shape index (κ1) is 23.9. The molecule has 0 radical (unpaired) electrons. The minimum atomic E-state index is -6.31. The summed E-state index contributed by atoms with van der Waals surface area (Å²) < 4.78 is 93.5. The Kier molecular flexibility index (Phi) is 7.25. The van der Waals surface area contributed by atoms with E-state index in [1.54, 1.807) is 0 Å². The molecular weight excluding hydrogens is 420 g/mol. The van der Waals surface area contributed by atoms with Crippen LogP contribution in [-0.2, 0) is 24.4 Å². The second kappa shape index (κ2) is 8.79. The molecule has 0 spiro atoms. The zero-order valence-electron chi connectivity index (χ0n) is 16.1. The van der Waals surface area contributed by atoms with Gasteiger partial charge in [-0.25, -0.2) is 0 Å². The zero-order chi connectivity index (χ0) is 21.9. The van der Waals surface area contributed by atoms with E-state index in [4.69, 9.17) is 14.0 Å². The van der Waals surface area contributed by atoms with Gasteiger partial charge in [-0.1, -0.05) is 0 Å². The predicted octanol–water partition coefficient (Wildman–Crippen LogP) is 4.60. The number of ether oxygens (including phenoxy) is 2. The maximum Gasteiger partial charge on any atom is 0.431 e. The highest BCUT2D eigenvalue weighted by atomic mass is 32.2. The predicted molar refractivity (Wildman–Crippen MR) is 95.1 cm³/mol. The fourth-order valence-electron chi connectivity index (χ4n) is 3.48. The third-order valence-corrected chi connectivity index (χ3v) is 6.25. The molecule has 11 heteroatoms. The highest BCUT2D eigenvalue weighted by Gasteiger charge is 2.65. The standard InChI is InChI=1S/C18H26F4O6S/c1-16(28-14-5-3-2-4-6-14)10-7-13(8-11-16)27-15(23)9-12-17(19,20)18(21,22)29(24,25)26/h5,13H,2-4,6-12H2,1H3,(H,24,25,26). The molecule has 0 aliphatic heterocycles. The molecule has 1 saturated carbocycles. The molecule has 1 N–H and O–H groups in total. The van der Waals surface area contributed by atoms with Crippen molar-refractivity contribution < 1.29 is 44.8 Å². The number of halogens is 4. The maximum absolute atomic E-state index is 13.4. The summed E-state index contributed by atoms with van der Waals surface area (Å²) in [5.74, 6) is -5.27. The number of carbonyl (C=O) groups is 1. The lowest BCUT2D eigenvalue weighted by Gasteiger charge is -2.38. The van der Waals surface area contributed by atoms with Gasteiger partial charge in [0.2, 0.25) is 0 Å². The minimum Gasteiger partial charge on any atom is -0.492 e. The second-order valence-corrected chi connectivity index (χ2v) is 9.32. The summed E-state index contributed by atoms with van der Waals surface area (Å²) in [7, 11) is -6.31. The molecule has 0 saturated heterocycles. The van der Waals surface area contributed by atoms with Crippen molar-refractivity contribution in [3.8, 4) is 0 Å². The Bertz CT molecular complexity index is 727. The fraction of sp³-hybridized carbons (Fsp3) is 0.833. The van der Waals surface area contributed by atoms with Gasteiger partial charge in [-0.15, -0.1) is 0 Å². The van der Waals surface area contributed by atoms with E-state index in [2.05, 4.69) is 6.08 Å². The van der Waals surface area contributed by atoms with Gasteiger partial charge in [0.05, 0.1) is 12.2 Å². The first-order valence-electron chi connectivity index (χ1n) is 9.56. The van der Waals surface area contributed by atoms with Gasteiger partial charge < -0.3 is 9.47 Å². The molecule has 0 unspecified atom stereocenters. The highest BCUT2D eigenvalue weighted by molar-refractivity contribution is 7.87. The van der Waals surface area contributed by atoms with Crippen LogP contribution in [0.1, 0.15) is 71.1 Å². The lowest BCUT2D eigenvalue weighted by Crippen LogP contribution is -2.47. The summed E-state index contributed by atoms with van der Waals surface area (Å²) in [5.41, 5.74) is -0.406. The Hall–Kier alpha value is -1.36. The van der Waals surface area contributed by atoms with E-state index in [1.165, 1.54) is 0 Å². The fourth-order valence-corrected chi connectivity index (χ4v) is 3.96.